The van der Waals surface area contributed by atoms with E-state index in [2.05, 4.69) is 4.74 Å². The molecule has 0 radical (unpaired) electrons. The maximum Gasteiger partial charge on any atom is 0.320 e. The van der Waals surface area contributed by atoms with E-state index in [1.165, 1.54) is 0 Å². The number of carbonyl (C=O) groups excluding carboxylic acids is 2. The van der Waals surface area contributed by atoms with Crippen molar-refractivity contribution in [2.45, 2.75) is 19.8 Å². The molecule has 0 bridgehead atoms. The van der Waals surface area contributed by atoms with Crippen molar-refractivity contribution in [2.75, 3.05) is 13.2 Å². The van der Waals surface area contributed by atoms with Gasteiger partial charge >= 0.3 is 11.9 Å². The van der Waals surface area contributed by atoms with Crippen molar-refractivity contribution in [3.05, 3.63) is 0 Å². The van der Waals surface area contributed by atoms with E-state index in [1.807, 2.05) is 6.92 Å². The highest BCUT2D eigenvalue weighted by atomic mass is 16.6. The monoisotopic (exact) mass is 172 g/mol. The highest BCUT2D eigenvalue weighted by Crippen LogP contribution is 2.15. The summed E-state index contributed by atoms with van der Waals surface area (Å²) in [6.07, 6.45) is 1.23. The van der Waals surface area contributed by atoms with E-state index in [0.29, 0.717) is 19.6 Å². The molecule has 1 saturated heterocycles. The van der Waals surface area contributed by atoms with Gasteiger partial charge in [-0.3, -0.25) is 9.59 Å². The Balaban J connectivity index is 2.36. The van der Waals surface area contributed by atoms with Gasteiger partial charge in [-0.2, -0.15) is 0 Å². The lowest BCUT2D eigenvalue weighted by Gasteiger charge is -2.04. The SMILES string of the molecule is CCCOC(=O)C1CCOC1=O. The molecule has 4 heteroatoms. The van der Waals surface area contributed by atoms with E-state index in [1.54, 1.807) is 0 Å². The first-order valence-corrected chi connectivity index (χ1v) is 4.09. The Hall–Kier alpha value is -1.06. The Bertz CT molecular complexity index is 187. The van der Waals surface area contributed by atoms with E-state index in [-0.39, 0.29) is 0 Å². The second kappa shape index (κ2) is 4.09. The van der Waals surface area contributed by atoms with Crippen LogP contribution in [-0.2, 0) is 19.1 Å². The first kappa shape index (κ1) is 9.03. The van der Waals surface area contributed by atoms with E-state index < -0.39 is 17.9 Å². The second-order valence-corrected chi connectivity index (χ2v) is 2.68. The first-order valence-electron chi connectivity index (χ1n) is 4.09. The molecule has 0 aliphatic carbocycles. The average Bonchev–Trinajstić information content (AvgIpc) is 2.47. The van der Waals surface area contributed by atoms with Crippen molar-refractivity contribution in [2.24, 2.45) is 5.92 Å². The average molecular weight is 172 g/mol. The molecule has 1 fully saturated rings. The molecular weight excluding hydrogens is 160 g/mol. The van der Waals surface area contributed by atoms with E-state index in [9.17, 15) is 9.59 Å². The molecule has 0 aromatic heterocycles. The highest BCUT2D eigenvalue weighted by Gasteiger charge is 2.34. The summed E-state index contributed by atoms with van der Waals surface area (Å²) in [6, 6.07) is 0. The number of ether oxygens (including phenoxy) is 2. The molecule has 1 aliphatic rings. The maximum atomic E-state index is 11.1. The molecule has 1 unspecified atom stereocenters. The molecule has 0 N–H and O–H groups in total. The van der Waals surface area contributed by atoms with Gasteiger partial charge in [0.1, 0.15) is 0 Å². The molecule has 0 aromatic rings. The number of carbonyl (C=O) groups is 2. The highest BCUT2D eigenvalue weighted by molar-refractivity contribution is 5.95. The van der Waals surface area contributed by atoms with Crippen LogP contribution >= 0.6 is 0 Å². The van der Waals surface area contributed by atoms with E-state index in [4.69, 9.17) is 4.74 Å². The molecule has 1 heterocycles. The van der Waals surface area contributed by atoms with Crippen molar-refractivity contribution in [1.82, 2.24) is 0 Å². The molecule has 0 spiro atoms. The van der Waals surface area contributed by atoms with Crippen molar-refractivity contribution in [3.8, 4) is 0 Å². The van der Waals surface area contributed by atoms with Gasteiger partial charge in [-0.05, 0) is 6.42 Å². The number of esters is 2. The van der Waals surface area contributed by atoms with Gasteiger partial charge in [0.2, 0.25) is 0 Å². The summed E-state index contributed by atoms with van der Waals surface area (Å²) in [7, 11) is 0. The van der Waals surface area contributed by atoms with Crippen LogP contribution in [-0.4, -0.2) is 25.2 Å². The largest absolute Gasteiger partial charge is 0.465 e. The second-order valence-electron chi connectivity index (χ2n) is 2.68. The van der Waals surface area contributed by atoms with Gasteiger partial charge < -0.3 is 9.47 Å². The fraction of sp³-hybridized carbons (Fsp3) is 0.750. The molecule has 68 valence electrons. The van der Waals surface area contributed by atoms with Gasteiger partial charge in [-0.25, -0.2) is 0 Å². The Morgan fingerprint density at radius 2 is 2.50 bits per heavy atom. The van der Waals surface area contributed by atoms with Crippen LogP contribution in [0.5, 0.6) is 0 Å². The quantitative estimate of drug-likeness (QED) is 0.459. The summed E-state index contributed by atoms with van der Waals surface area (Å²) in [6.45, 7) is 2.62. The van der Waals surface area contributed by atoms with Crippen molar-refractivity contribution in [1.29, 1.82) is 0 Å². The van der Waals surface area contributed by atoms with E-state index >= 15 is 0 Å². The minimum Gasteiger partial charge on any atom is -0.465 e. The van der Waals surface area contributed by atoms with Gasteiger partial charge in [-0.15, -0.1) is 0 Å². The molecule has 1 aliphatic heterocycles. The Morgan fingerprint density at radius 3 is 3.00 bits per heavy atom. The summed E-state index contributed by atoms with van der Waals surface area (Å²) in [4.78, 5) is 21.9. The molecule has 4 nitrogen and oxygen atoms in total. The first-order chi connectivity index (χ1) is 5.75. The molecule has 1 atom stereocenters. The topological polar surface area (TPSA) is 52.6 Å². The molecule has 0 saturated carbocycles. The number of cyclic esters (lactones) is 1. The zero-order chi connectivity index (χ0) is 8.97. The lowest BCUT2D eigenvalue weighted by molar-refractivity contribution is -0.155. The fourth-order valence-corrected chi connectivity index (χ4v) is 1.01. The van der Waals surface area contributed by atoms with Gasteiger partial charge in [0.25, 0.3) is 0 Å². The molecule has 0 amide bonds. The van der Waals surface area contributed by atoms with Crippen molar-refractivity contribution >= 4 is 11.9 Å². The molecular formula is C8H12O4. The molecule has 0 aromatic carbocycles. The van der Waals surface area contributed by atoms with E-state index in [0.717, 1.165) is 6.42 Å². The van der Waals surface area contributed by atoms with Crippen LogP contribution in [0.1, 0.15) is 19.8 Å². The number of hydrogen-bond donors (Lipinski definition) is 0. The number of rotatable bonds is 3. The predicted molar refractivity (Wildman–Crippen MR) is 40.3 cm³/mol. The summed E-state index contributed by atoms with van der Waals surface area (Å²) < 4.78 is 9.43. The Labute approximate surface area is 70.8 Å². The zero-order valence-electron chi connectivity index (χ0n) is 7.04. The van der Waals surface area contributed by atoms with Crippen LogP contribution in [0, 0.1) is 5.92 Å². The van der Waals surface area contributed by atoms with Crippen LogP contribution < -0.4 is 0 Å². The predicted octanol–water partition coefficient (Wildman–Crippen LogP) is 0.503. The van der Waals surface area contributed by atoms with Crippen LogP contribution in [0.4, 0.5) is 0 Å². The third-order valence-corrected chi connectivity index (χ3v) is 1.67. The third kappa shape index (κ3) is 1.96. The minimum atomic E-state index is -0.670. The summed E-state index contributed by atoms with van der Waals surface area (Å²) in [5, 5.41) is 0. The smallest absolute Gasteiger partial charge is 0.320 e. The van der Waals surface area contributed by atoms with Gasteiger partial charge in [0.05, 0.1) is 13.2 Å². The lowest BCUT2D eigenvalue weighted by Crippen LogP contribution is -2.22. The van der Waals surface area contributed by atoms with Gasteiger partial charge in [-0.1, -0.05) is 6.92 Å². The minimum absolute atomic E-state index is 0.338. The summed E-state index contributed by atoms with van der Waals surface area (Å²) in [5.41, 5.74) is 0. The van der Waals surface area contributed by atoms with Crippen LogP contribution in [0.2, 0.25) is 0 Å². The Kier molecular flexibility index (Phi) is 3.08. The van der Waals surface area contributed by atoms with Gasteiger partial charge in [0, 0.05) is 6.42 Å². The van der Waals surface area contributed by atoms with Crippen LogP contribution in [0.3, 0.4) is 0 Å². The molecule has 1 rings (SSSR count). The van der Waals surface area contributed by atoms with Crippen LogP contribution in [0.15, 0.2) is 0 Å². The molecule has 12 heavy (non-hydrogen) atoms. The third-order valence-electron chi connectivity index (χ3n) is 1.67. The van der Waals surface area contributed by atoms with Gasteiger partial charge in [0.15, 0.2) is 5.92 Å². The standard InChI is InChI=1S/C8H12O4/c1-2-4-11-7(9)6-3-5-12-8(6)10/h6H,2-5H2,1H3. The van der Waals surface area contributed by atoms with Crippen molar-refractivity contribution in [3.63, 3.8) is 0 Å². The summed E-state index contributed by atoms with van der Waals surface area (Å²) >= 11 is 0. The Morgan fingerprint density at radius 1 is 1.75 bits per heavy atom. The lowest BCUT2D eigenvalue weighted by atomic mass is 10.1. The van der Waals surface area contributed by atoms with Crippen LogP contribution in [0.25, 0.3) is 0 Å². The number of hydrogen-bond acceptors (Lipinski definition) is 4. The fourth-order valence-electron chi connectivity index (χ4n) is 1.01. The van der Waals surface area contributed by atoms with Crippen molar-refractivity contribution < 1.29 is 19.1 Å². The normalized spacial score (nSPS) is 22.1. The summed E-state index contributed by atoms with van der Waals surface area (Å²) in [5.74, 6) is -1.56. The zero-order valence-corrected chi connectivity index (χ0v) is 7.04. The maximum absolute atomic E-state index is 11.1.